The highest BCUT2D eigenvalue weighted by molar-refractivity contribution is 7.92. The van der Waals surface area contributed by atoms with Crippen molar-refractivity contribution in [3.05, 3.63) is 41.3 Å². The van der Waals surface area contributed by atoms with E-state index in [4.69, 9.17) is 0 Å². The van der Waals surface area contributed by atoms with Gasteiger partial charge in [-0.25, -0.2) is 8.42 Å². The van der Waals surface area contributed by atoms with Gasteiger partial charge in [0, 0.05) is 30.6 Å². The van der Waals surface area contributed by atoms with Gasteiger partial charge in [-0.3, -0.25) is 0 Å². The molecule has 108 valence electrons. The van der Waals surface area contributed by atoms with Gasteiger partial charge in [0.15, 0.2) is 0 Å². The molecule has 2 heterocycles. The van der Waals surface area contributed by atoms with Crippen LogP contribution in [0.3, 0.4) is 0 Å². The molecule has 2 atom stereocenters. The quantitative estimate of drug-likeness (QED) is 0.924. The number of nitrogens with zero attached hydrogens (tertiary/aromatic N) is 1. The fraction of sp³-hybridized carbons (Fsp3) is 0.467. The summed E-state index contributed by atoms with van der Waals surface area (Å²) < 4.78 is 26.4. The second-order valence-electron chi connectivity index (χ2n) is 5.54. The summed E-state index contributed by atoms with van der Waals surface area (Å²) in [4.78, 5) is 0. The Morgan fingerprint density at radius 3 is 2.65 bits per heavy atom. The number of benzene rings is 1. The van der Waals surface area contributed by atoms with Crippen molar-refractivity contribution in [1.29, 1.82) is 0 Å². The summed E-state index contributed by atoms with van der Waals surface area (Å²) in [7, 11) is -3.31. The molecule has 2 aliphatic rings. The predicted octanol–water partition coefficient (Wildman–Crippen LogP) is 1.81. The van der Waals surface area contributed by atoms with E-state index in [1.807, 2.05) is 30.3 Å². The molecule has 0 spiro atoms. The Bertz CT molecular complexity index is 583. The zero-order chi connectivity index (χ0) is 14.0. The molecule has 2 bridgehead atoms. The first-order valence-corrected chi connectivity index (χ1v) is 8.63. The van der Waals surface area contributed by atoms with Crippen LogP contribution in [0.5, 0.6) is 0 Å². The van der Waals surface area contributed by atoms with Crippen LogP contribution in [0.25, 0.3) is 6.08 Å². The second kappa shape index (κ2) is 5.68. The smallest absolute Gasteiger partial charge is 0.236 e. The number of hydrogen-bond donors (Lipinski definition) is 1. The largest absolute Gasteiger partial charge is 0.310 e. The van der Waals surface area contributed by atoms with E-state index in [0.29, 0.717) is 25.2 Å². The van der Waals surface area contributed by atoms with Crippen molar-refractivity contribution in [2.75, 3.05) is 13.1 Å². The van der Waals surface area contributed by atoms with E-state index in [1.165, 1.54) is 11.8 Å². The van der Waals surface area contributed by atoms with Crippen LogP contribution in [-0.2, 0) is 10.0 Å². The van der Waals surface area contributed by atoms with E-state index in [2.05, 4.69) is 5.32 Å². The summed E-state index contributed by atoms with van der Waals surface area (Å²) in [6.07, 6.45) is 4.85. The topological polar surface area (TPSA) is 49.4 Å². The maximum absolute atomic E-state index is 12.4. The van der Waals surface area contributed by atoms with E-state index in [0.717, 1.165) is 18.4 Å². The lowest BCUT2D eigenvalue weighted by atomic mass is 10.1. The fourth-order valence-corrected chi connectivity index (χ4v) is 4.21. The minimum atomic E-state index is -3.31. The average molecular weight is 292 g/mol. The molecule has 2 aliphatic heterocycles. The van der Waals surface area contributed by atoms with Crippen LogP contribution < -0.4 is 5.32 Å². The number of fused-ring (bicyclic) bond motifs is 2. The first-order valence-electron chi connectivity index (χ1n) is 7.13. The van der Waals surface area contributed by atoms with Crippen molar-refractivity contribution in [2.24, 2.45) is 0 Å². The summed E-state index contributed by atoms with van der Waals surface area (Å²) >= 11 is 0. The van der Waals surface area contributed by atoms with E-state index < -0.39 is 10.0 Å². The van der Waals surface area contributed by atoms with Crippen molar-refractivity contribution in [2.45, 2.75) is 31.3 Å². The monoisotopic (exact) mass is 292 g/mol. The Labute approximate surface area is 120 Å². The molecular weight excluding hydrogens is 272 g/mol. The highest BCUT2D eigenvalue weighted by Gasteiger charge is 2.33. The lowest BCUT2D eigenvalue weighted by molar-refractivity contribution is 0.388. The van der Waals surface area contributed by atoms with Gasteiger partial charge in [0.25, 0.3) is 0 Å². The number of nitrogens with one attached hydrogen (secondary N) is 1. The fourth-order valence-electron chi connectivity index (χ4n) is 2.96. The molecule has 4 nitrogen and oxygen atoms in total. The average Bonchev–Trinajstić information content (AvgIpc) is 2.76. The maximum atomic E-state index is 12.4. The first-order chi connectivity index (χ1) is 9.63. The molecule has 20 heavy (non-hydrogen) atoms. The lowest BCUT2D eigenvalue weighted by Gasteiger charge is -2.21. The Morgan fingerprint density at radius 1 is 1.10 bits per heavy atom. The van der Waals surface area contributed by atoms with E-state index in [9.17, 15) is 8.42 Å². The summed E-state index contributed by atoms with van der Waals surface area (Å²) in [6, 6.07) is 10.3. The molecule has 0 aliphatic carbocycles. The molecule has 0 radical (unpaired) electrons. The minimum absolute atomic E-state index is 0.322. The third-order valence-corrected chi connectivity index (χ3v) is 5.61. The highest BCUT2D eigenvalue weighted by atomic mass is 32.2. The number of hydrogen-bond acceptors (Lipinski definition) is 3. The third-order valence-electron chi connectivity index (χ3n) is 4.08. The van der Waals surface area contributed by atoms with Gasteiger partial charge < -0.3 is 5.32 Å². The van der Waals surface area contributed by atoms with E-state index >= 15 is 0 Å². The molecule has 1 aromatic carbocycles. The van der Waals surface area contributed by atoms with Crippen LogP contribution in [0.1, 0.15) is 24.8 Å². The number of sulfonamides is 1. The van der Waals surface area contributed by atoms with Crippen molar-refractivity contribution < 1.29 is 8.42 Å². The molecule has 2 saturated heterocycles. The van der Waals surface area contributed by atoms with Crippen LogP contribution in [0.2, 0.25) is 0 Å². The van der Waals surface area contributed by atoms with Gasteiger partial charge in [-0.1, -0.05) is 30.3 Å². The Kier molecular flexibility index (Phi) is 3.92. The summed E-state index contributed by atoms with van der Waals surface area (Å²) in [5, 5.41) is 4.83. The molecule has 5 heteroatoms. The number of rotatable bonds is 3. The normalized spacial score (nSPS) is 27.8. The molecule has 2 fully saturated rings. The maximum Gasteiger partial charge on any atom is 0.236 e. The van der Waals surface area contributed by atoms with Crippen LogP contribution in [-0.4, -0.2) is 37.9 Å². The Hall–Kier alpha value is -1.17. The van der Waals surface area contributed by atoms with Crippen molar-refractivity contribution in [1.82, 2.24) is 9.62 Å². The van der Waals surface area contributed by atoms with Crippen LogP contribution in [0.15, 0.2) is 35.7 Å². The SMILES string of the molecule is O=S(=O)(/C=C/c1ccccc1)N1CCC2CCC(C1)N2. The van der Waals surface area contributed by atoms with E-state index in [1.54, 1.807) is 10.4 Å². The molecule has 3 rings (SSSR count). The van der Waals surface area contributed by atoms with Gasteiger partial charge in [0.05, 0.1) is 0 Å². The molecule has 0 amide bonds. The van der Waals surface area contributed by atoms with Crippen molar-refractivity contribution >= 4 is 16.1 Å². The van der Waals surface area contributed by atoms with Crippen molar-refractivity contribution in [3.63, 3.8) is 0 Å². The summed E-state index contributed by atoms with van der Waals surface area (Å²) in [5.41, 5.74) is 0.908. The second-order valence-corrected chi connectivity index (χ2v) is 7.36. The molecule has 2 unspecified atom stereocenters. The molecule has 0 saturated carbocycles. The first kappa shape index (κ1) is 13.8. The van der Waals surface area contributed by atoms with Crippen LogP contribution in [0.4, 0.5) is 0 Å². The van der Waals surface area contributed by atoms with Crippen molar-refractivity contribution in [3.8, 4) is 0 Å². The molecule has 1 N–H and O–H groups in total. The summed E-state index contributed by atoms with van der Waals surface area (Å²) in [5.74, 6) is 0. The Morgan fingerprint density at radius 2 is 1.85 bits per heavy atom. The molecular formula is C15H20N2O2S. The van der Waals surface area contributed by atoms with Gasteiger partial charge in [-0.05, 0) is 30.9 Å². The van der Waals surface area contributed by atoms with Gasteiger partial charge in [0.1, 0.15) is 0 Å². The van der Waals surface area contributed by atoms with Gasteiger partial charge in [-0.2, -0.15) is 4.31 Å². The summed E-state index contributed by atoms with van der Waals surface area (Å²) in [6.45, 7) is 1.22. The van der Waals surface area contributed by atoms with Gasteiger partial charge in [0.2, 0.25) is 10.0 Å². The van der Waals surface area contributed by atoms with Gasteiger partial charge in [-0.15, -0.1) is 0 Å². The minimum Gasteiger partial charge on any atom is -0.310 e. The lowest BCUT2D eigenvalue weighted by Crippen LogP contribution is -2.38. The Balaban J connectivity index is 1.73. The van der Waals surface area contributed by atoms with Crippen LogP contribution in [0, 0.1) is 0 Å². The predicted molar refractivity (Wildman–Crippen MR) is 80.5 cm³/mol. The zero-order valence-corrected chi connectivity index (χ0v) is 12.2. The molecule has 0 aromatic heterocycles. The third kappa shape index (κ3) is 3.11. The van der Waals surface area contributed by atoms with E-state index in [-0.39, 0.29) is 0 Å². The van der Waals surface area contributed by atoms with Gasteiger partial charge >= 0.3 is 0 Å². The van der Waals surface area contributed by atoms with Crippen LogP contribution >= 0.6 is 0 Å². The standard InChI is InChI=1S/C15H20N2O2S/c18-20(19,11-9-13-4-2-1-3-5-13)17-10-8-14-6-7-15(12-17)16-14/h1-5,9,11,14-16H,6-8,10,12H2/b11-9+. The highest BCUT2D eigenvalue weighted by Crippen LogP contribution is 2.22. The zero-order valence-electron chi connectivity index (χ0n) is 11.4. The molecule has 1 aromatic rings.